The van der Waals surface area contributed by atoms with Crippen molar-refractivity contribution >= 4 is 11.8 Å². The monoisotopic (exact) mass is 349 g/mol. The molecule has 2 aliphatic heterocycles. The third-order valence-electron chi connectivity index (χ3n) is 5.86. The Morgan fingerprint density at radius 3 is 2.15 bits per heavy atom. The van der Waals surface area contributed by atoms with Gasteiger partial charge >= 0.3 is 0 Å². The maximum Gasteiger partial charge on any atom is 0.258 e. The molecule has 1 saturated heterocycles. The fourth-order valence-corrected chi connectivity index (χ4v) is 4.20. The largest absolute Gasteiger partial charge is 0.272 e. The zero-order valence-electron chi connectivity index (χ0n) is 14.8. The number of rotatable bonds is 1. The zero-order valence-corrected chi connectivity index (χ0v) is 14.8. The van der Waals surface area contributed by atoms with Gasteiger partial charge in [-0.15, -0.1) is 5.10 Å². The van der Waals surface area contributed by atoms with Crippen LogP contribution in [0.5, 0.6) is 0 Å². The van der Waals surface area contributed by atoms with Crippen molar-refractivity contribution in [3.05, 3.63) is 52.9 Å². The average molecular weight is 349 g/mol. The molecule has 0 atom stereocenters. The minimum Gasteiger partial charge on any atom is -0.272 e. The maximum atomic E-state index is 13.2. The lowest BCUT2D eigenvalue weighted by Gasteiger charge is -2.33. The molecule has 1 aliphatic carbocycles. The SMILES string of the molecule is CC1=C(C)CN2C(=O)C3(Cc4nnn(-c5ccccc5)c4C3)C(=O)N2C1. The number of fused-ring (bicyclic) bond motifs is 2. The lowest BCUT2D eigenvalue weighted by molar-refractivity contribution is -0.145. The highest BCUT2D eigenvalue weighted by atomic mass is 16.2. The Hall–Kier alpha value is -2.96. The zero-order chi connectivity index (χ0) is 18.1. The second kappa shape index (κ2) is 5.03. The molecule has 7 heteroatoms. The molecule has 0 N–H and O–H groups in total. The summed E-state index contributed by atoms with van der Waals surface area (Å²) in [7, 11) is 0. The number of carbonyl (C=O) groups excluding carboxylic acids is 2. The summed E-state index contributed by atoms with van der Waals surface area (Å²) in [5.41, 5.74) is 3.76. The minimum absolute atomic E-state index is 0.105. The molecule has 0 saturated carbocycles. The fourth-order valence-electron chi connectivity index (χ4n) is 4.20. The van der Waals surface area contributed by atoms with Crippen LogP contribution in [-0.4, -0.2) is 49.9 Å². The summed E-state index contributed by atoms with van der Waals surface area (Å²) in [6.07, 6.45) is 0.685. The lowest BCUT2D eigenvalue weighted by atomic mass is 9.84. The number of carbonyl (C=O) groups is 2. The van der Waals surface area contributed by atoms with Crippen LogP contribution in [0.2, 0.25) is 0 Å². The molecule has 1 aromatic carbocycles. The van der Waals surface area contributed by atoms with Gasteiger partial charge in [0, 0.05) is 12.8 Å². The van der Waals surface area contributed by atoms with Crippen LogP contribution in [0.3, 0.4) is 0 Å². The van der Waals surface area contributed by atoms with Crippen LogP contribution in [0, 0.1) is 5.41 Å². The van der Waals surface area contributed by atoms with Gasteiger partial charge in [0.1, 0.15) is 5.41 Å². The molecule has 3 heterocycles. The Morgan fingerprint density at radius 1 is 0.923 bits per heavy atom. The van der Waals surface area contributed by atoms with Crippen LogP contribution in [0.4, 0.5) is 0 Å². The van der Waals surface area contributed by atoms with Crippen molar-refractivity contribution in [2.24, 2.45) is 5.41 Å². The summed E-state index contributed by atoms with van der Waals surface area (Å²) >= 11 is 0. The quantitative estimate of drug-likeness (QED) is 0.574. The molecule has 3 aliphatic rings. The van der Waals surface area contributed by atoms with Crippen molar-refractivity contribution in [2.45, 2.75) is 26.7 Å². The summed E-state index contributed by atoms with van der Waals surface area (Å²) < 4.78 is 1.76. The fraction of sp³-hybridized carbons (Fsp3) is 0.368. The molecule has 5 rings (SSSR count). The van der Waals surface area contributed by atoms with Crippen LogP contribution in [0.15, 0.2) is 41.5 Å². The molecule has 1 spiro atoms. The first-order valence-corrected chi connectivity index (χ1v) is 8.79. The average Bonchev–Trinajstić information content (AvgIpc) is 3.26. The smallest absolute Gasteiger partial charge is 0.258 e. The summed E-state index contributed by atoms with van der Waals surface area (Å²) in [4.78, 5) is 26.4. The first-order valence-electron chi connectivity index (χ1n) is 8.79. The van der Waals surface area contributed by atoms with Crippen LogP contribution >= 0.6 is 0 Å². The first kappa shape index (κ1) is 15.3. The van der Waals surface area contributed by atoms with Gasteiger partial charge in [-0.05, 0) is 26.0 Å². The van der Waals surface area contributed by atoms with Crippen molar-refractivity contribution < 1.29 is 9.59 Å². The van der Waals surface area contributed by atoms with E-state index < -0.39 is 5.41 Å². The van der Waals surface area contributed by atoms with Gasteiger partial charge in [0.2, 0.25) is 0 Å². The summed E-state index contributed by atoms with van der Waals surface area (Å²) in [6.45, 7) is 5.03. The van der Waals surface area contributed by atoms with E-state index in [1.165, 1.54) is 0 Å². The van der Waals surface area contributed by atoms with E-state index in [-0.39, 0.29) is 11.8 Å². The third-order valence-corrected chi connectivity index (χ3v) is 5.86. The molecule has 0 bridgehead atoms. The normalized spacial score (nSPS) is 21.0. The molecule has 2 amide bonds. The van der Waals surface area contributed by atoms with E-state index in [2.05, 4.69) is 10.3 Å². The van der Waals surface area contributed by atoms with Crippen molar-refractivity contribution in [3.63, 3.8) is 0 Å². The Bertz CT molecular complexity index is 943. The van der Waals surface area contributed by atoms with Crippen molar-refractivity contribution in [3.8, 4) is 5.69 Å². The van der Waals surface area contributed by atoms with Crippen LogP contribution in [-0.2, 0) is 22.4 Å². The van der Waals surface area contributed by atoms with Crippen molar-refractivity contribution in [2.75, 3.05) is 13.1 Å². The molecule has 0 radical (unpaired) electrons. The van der Waals surface area contributed by atoms with E-state index in [9.17, 15) is 9.59 Å². The number of para-hydroxylation sites is 1. The van der Waals surface area contributed by atoms with E-state index in [4.69, 9.17) is 0 Å². The van der Waals surface area contributed by atoms with Gasteiger partial charge in [0.05, 0.1) is 30.2 Å². The third kappa shape index (κ3) is 1.83. The highest BCUT2D eigenvalue weighted by Crippen LogP contribution is 2.45. The molecular formula is C19H19N5O2. The lowest BCUT2D eigenvalue weighted by Crippen LogP contribution is -2.45. The number of amides is 2. The van der Waals surface area contributed by atoms with E-state index in [0.29, 0.717) is 25.9 Å². The number of hydrogen-bond acceptors (Lipinski definition) is 4. The van der Waals surface area contributed by atoms with Crippen LogP contribution in [0.1, 0.15) is 25.2 Å². The van der Waals surface area contributed by atoms with E-state index in [1.807, 2.05) is 44.2 Å². The molecule has 26 heavy (non-hydrogen) atoms. The van der Waals surface area contributed by atoms with Gasteiger partial charge in [-0.3, -0.25) is 9.59 Å². The molecule has 7 nitrogen and oxygen atoms in total. The van der Waals surface area contributed by atoms with Gasteiger partial charge in [-0.1, -0.05) is 34.6 Å². The Labute approximate surface area is 150 Å². The summed E-state index contributed by atoms with van der Waals surface area (Å²) in [5, 5.41) is 11.7. The van der Waals surface area contributed by atoms with E-state index in [1.54, 1.807) is 14.7 Å². The second-order valence-corrected chi connectivity index (χ2v) is 7.45. The molecule has 1 aromatic heterocycles. The van der Waals surface area contributed by atoms with Crippen LogP contribution < -0.4 is 0 Å². The minimum atomic E-state index is -1.05. The first-order chi connectivity index (χ1) is 12.5. The molecule has 2 aromatic rings. The number of hydrazine groups is 1. The number of hydrogen-bond donors (Lipinski definition) is 0. The van der Waals surface area contributed by atoms with Gasteiger partial charge in [0.25, 0.3) is 11.8 Å². The van der Waals surface area contributed by atoms with E-state index >= 15 is 0 Å². The molecule has 1 fully saturated rings. The number of benzene rings is 1. The highest BCUT2D eigenvalue weighted by Gasteiger charge is 2.62. The molecule has 0 unspecified atom stereocenters. The highest BCUT2D eigenvalue weighted by molar-refractivity contribution is 6.11. The van der Waals surface area contributed by atoms with Crippen molar-refractivity contribution in [1.82, 2.24) is 25.0 Å². The van der Waals surface area contributed by atoms with Crippen LogP contribution in [0.25, 0.3) is 5.69 Å². The van der Waals surface area contributed by atoms with Crippen molar-refractivity contribution in [1.29, 1.82) is 0 Å². The Morgan fingerprint density at radius 2 is 1.54 bits per heavy atom. The second-order valence-electron chi connectivity index (χ2n) is 7.45. The summed E-state index contributed by atoms with van der Waals surface area (Å²) in [5.74, 6) is -0.209. The number of nitrogens with zero attached hydrogens (tertiary/aromatic N) is 5. The predicted molar refractivity (Wildman–Crippen MR) is 93.0 cm³/mol. The van der Waals surface area contributed by atoms with Gasteiger partial charge in [0.15, 0.2) is 0 Å². The number of aromatic nitrogens is 3. The predicted octanol–water partition coefficient (Wildman–Crippen LogP) is 1.29. The van der Waals surface area contributed by atoms with Gasteiger partial charge in [-0.2, -0.15) is 0 Å². The standard InChI is InChI=1S/C19H19N5O2/c1-12-10-22-17(25)19(18(26)23(22)11-13(12)2)8-15-16(9-19)24(21-20-15)14-6-4-3-5-7-14/h3-7H,8-11H2,1-2H3. The van der Waals surface area contributed by atoms with E-state index in [0.717, 1.165) is 28.2 Å². The Balaban J connectivity index is 1.53. The summed E-state index contributed by atoms with van der Waals surface area (Å²) in [6, 6.07) is 9.70. The molecule has 132 valence electrons. The van der Waals surface area contributed by atoms with Gasteiger partial charge in [-0.25, -0.2) is 14.7 Å². The molecular weight excluding hydrogens is 330 g/mol. The topological polar surface area (TPSA) is 71.3 Å². The Kier molecular flexibility index (Phi) is 2.96. The maximum absolute atomic E-state index is 13.2. The van der Waals surface area contributed by atoms with Gasteiger partial charge < -0.3 is 0 Å².